The summed E-state index contributed by atoms with van der Waals surface area (Å²) in [7, 11) is 0. The van der Waals surface area contributed by atoms with Crippen LogP contribution in [0.1, 0.15) is 11.6 Å². The molecule has 1 heterocycles. The van der Waals surface area contributed by atoms with Crippen molar-refractivity contribution < 1.29 is 0 Å². The number of nitrogens with zero attached hydrogens (tertiary/aromatic N) is 3. The van der Waals surface area contributed by atoms with Crippen LogP contribution in [0.4, 0.5) is 0 Å². The molecule has 0 amide bonds. The molecule has 1 aromatic rings. The Kier molecular flexibility index (Phi) is 2.90. The van der Waals surface area contributed by atoms with Crippen LogP contribution in [-0.2, 0) is 0 Å². The van der Waals surface area contributed by atoms with Crippen LogP contribution in [-0.4, -0.2) is 9.90 Å². The van der Waals surface area contributed by atoms with Crippen LogP contribution in [0.15, 0.2) is 18.5 Å². The average Bonchev–Trinajstić information content (AvgIpc) is 2.55. The quantitative estimate of drug-likeness (QED) is 0.719. The van der Waals surface area contributed by atoms with Crippen molar-refractivity contribution in [2.24, 2.45) is 0 Å². The highest BCUT2D eigenvalue weighted by molar-refractivity contribution is 9.09. The Labute approximate surface area is 79.0 Å². The number of rotatable bonds is 2. The van der Waals surface area contributed by atoms with Crippen LogP contribution in [0, 0.1) is 22.7 Å². The molecule has 1 rings (SSSR count). The third-order valence-electron chi connectivity index (χ3n) is 1.50. The van der Waals surface area contributed by atoms with Crippen LogP contribution in [0.3, 0.4) is 0 Å². The molecule has 0 aromatic carbocycles. The highest BCUT2D eigenvalue weighted by atomic mass is 79.9. The predicted molar refractivity (Wildman–Crippen MR) is 47.6 cm³/mol. The molecule has 0 saturated heterocycles. The van der Waals surface area contributed by atoms with Gasteiger partial charge in [-0.2, -0.15) is 10.5 Å². The van der Waals surface area contributed by atoms with Crippen molar-refractivity contribution in [3.8, 4) is 12.1 Å². The highest BCUT2D eigenvalue weighted by Crippen LogP contribution is 2.10. The van der Waals surface area contributed by atoms with Crippen molar-refractivity contribution in [2.75, 3.05) is 5.33 Å². The summed E-state index contributed by atoms with van der Waals surface area (Å²) in [5.74, 6) is 0. The van der Waals surface area contributed by atoms with E-state index in [1.807, 2.05) is 6.07 Å². The van der Waals surface area contributed by atoms with Crippen molar-refractivity contribution in [1.29, 1.82) is 10.5 Å². The molecule has 3 nitrogen and oxygen atoms in total. The molecule has 0 spiro atoms. The molecular formula is C8H6BrN3. The van der Waals surface area contributed by atoms with Crippen LogP contribution in [0.2, 0.25) is 0 Å². The predicted octanol–water partition coefficient (Wildman–Crippen LogP) is 1.82. The third-order valence-corrected chi connectivity index (χ3v) is 2.11. The van der Waals surface area contributed by atoms with E-state index in [4.69, 9.17) is 10.5 Å². The molecule has 0 aliphatic heterocycles. The van der Waals surface area contributed by atoms with Gasteiger partial charge < -0.3 is 4.57 Å². The molecular weight excluding hydrogens is 218 g/mol. The number of aromatic nitrogens is 1. The number of nitriles is 2. The first-order valence-electron chi connectivity index (χ1n) is 3.35. The summed E-state index contributed by atoms with van der Waals surface area (Å²) in [5.41, 5.74) is 0.580. The second-order valence-electron chi connectivity index (χ2n) is 2.26. The maximum atomic E-state index is 8.68. The second-order valence-corrected chi connectivity index (χ2v) is 2.91. The molecule has 1 unspecified atom stereocenters. The Morgan fingerprint density at radius 3 is 2.75 bits per heavy atom. The summed E-state index contributed by atoms with van der Waals surface area (Å²) in [5, 5.41) is 17.8. The lowest BCUT2D eigenvalue weighted by atomic mass is 10.4. The van der Waals surface area contributed by atoms with Crippen molar-refractivity contribution in [3.05, 3.63) is 24.0 Å². The van der Waals surface area contributed by atoms with E-state index in [1.165, 1.54) is 0 Å². The van der Waals surface area contributed by atoms with Crippen molar-refractivity contribution >= 4 is 15.9 Å². The molecule has 1 atom stereocenters. The van der Waals surface area contributed by atoms with Gasteiger partial charge in [0.1, 0.15) is 12.1 Å². The third kappa shape index (κ3) is 1.66. The summed E-state index contributed by atoms with van der Waals surface area (Å²) in [6.07, 6.45) is 3.39. The Bertz CT molecular complexity index is 342. The van der Waals surface area contributed by atoms with E-state index in [1.54, 1.807) is 23.0 Å². The Hall–Kier alpha value is -1.26. The van der Waals surface area contributed by atoms with E-state index in [0.29, 0.717) is 10.9 Å². The Balaban J connectivity index is 2.90. The standard InChI is InChI=1S/C8H6BrN3/c9-3-8(5-11)12-2-1-7(4-10)6-12/h1-2,6,8H,3H2. The second kappa shape index (κ2) is 3.94. The van der Waals surface area contributed by atoms with Gasteiger partial charge in [-0.05, 0) is 6.07 Å². The van der Waals surface area contributed by atoms with E-state index < -0.39 is 0 Å². The lowest BCUT2D eigenvalue weighted by Crippen LogP contribution is -2.04. The first-order chi connectivity index (χ1) is 5.81. The molecule has 0 N–H and O–H groups in total. The van der Waals surface area contributed by atoms with Crippen LogP contribution in [0.25, 0.3) is 0 Å². The zero-order chi connectivity index (χ0) is 8.97. The molecule has 12 heavy (non-hydrogen) atoms. The van der Waals surface area contributed by atoms with Gasteiger partial charge in [-0.1, -0.05) is 15.9 Å². The smallest absolute Gasteiger partial charge is 0.130 e. The molecule has 60 valence electrons. The lowest BCUT2D eigenvalue weighted by Gasteiger charge is -2.05. The van der Waals surface area contributed by atoms with Gasteiger partial charge in [-0.3, -0.25) is 0 Å². The minimum Gasteiger partial charge on any atom is -0.336 e. The Morgan fingerprint density at radius 2 is 2.33 bits per heavy atom. The van der Waals surface area contributed by atoms with Crippen LogP contribution >= 0.6 is 15.9 Å². The van der Waals surface area contributed by atoms with E-state index >= 15 is 0 Å². The monoisotopic (exact) mass is 223 g/mol. The SMILES string of the molecule is N#Cc1ccn(C(C#N)CBr)c1. The largest absolute Gasteiger partial charge is 0.336 e. The summed E-state index contributed by atoms with van der Waals surface area (Å²) in [6.45, 7) is 0. The van der Waals surface area contributed by atoms with E-state index in [-0.39, 0.29) is 6.04 Å². The minimum atomic E-state index is -0.230. The topological polar surface area (TPSA) is 52.5 Å². The first-order valence-corrected chi connectivity index (χ1v) is 4.47. The molecule has 0 aliphatic carbocycles. The average molecular weight is 224 g/mol. The van der Waals surface area contributed by atoms with Gasteiger partial charge in [0.2, 0.25) is 0 Å². The number of halogens is 1. The van der Waals surface area contributed by atoms with Gasteiger partial charge >= 0.3 is 0 Å². The van der Waals surface area contributed by atoms with Gasteiger partial charge in [-0.15, -0.1) is 0 Å². The molecule has 0 aliphatic rings. The van der Waals surface area contributed by atoms with Gasteiger partial charge in [0, 0.05) is 17.7 Å². The zero-order valence-corrected chi connectivity index (χ0v) is 7.82. The summed E-state index contributed by atoms with van der Waals surface area (Å²) < 4.78 is 1.72. The molecule has 0 radical (unpaired) electrons. The van der Waals surface area contributed by atoms with E-state index in [9.17, 15) is 0 Å². The van der Waals surface area contributed by atoms with E-state index in [2.05, 4.69) is 22.0 Å². The maximum Gasteiger partial charge on any atom is 0.130 e. The molecule has 1 aromatic heterocycles. The van der Waals surface area contributed by atoms with E-state index in [0.717, 1.165) is 0 Å². The highest BCUT2D eigenvalue weighted by Gasteiger charge is 2.06. The van der Waals surface area contributed by atoms with Gasteiger partial charge in [0.05, 0.1) is 11.6 Å². The Morgan fingerprint density at radius 1 is 1.58 bits per heavy atom. The zero-order valence-electron chi connectivity index (χ0n) is 6.24. The van der Waals surface area contributed by atoms with Crippen molar-refractivity contribution in [3.63, 3.8) is 0 Å². The van der Waals surface area contributed by atoms with Crippen molar-refractivity contribution in [2.45, 2.75) is 6.04 Å². The van der Waals surface area contributed by atoms with Gasteiger partial charge in [-0.25, -0.2) is 0 Å². The minimum absolute atomic E-state index is 0.230. The molecule has 4 heteroatoms. The molecule has 0 bridgehead atoms. The fourth-order valence-electron chi connectivity index (χ4n) is 0.854. The van der Waals surface area contributed by atoms with Crippen molar-refractivity contribution in [1.82, 2.24) is 4.57 Å². The van der Waals surface area contributed by atoms with Gasteiger partial charge in [0.15, 0.2) is 0 Å². The van der Waals surface area contributed by atoms with Crippen LogP contribution < -0.4 is 0 Å². The number of hydrogen-bond acceptors (Lipinski definition) is 2. The number of hydrogen-bond donors (Lipinski definition) is 0. The molecule has 0 saturated carbocycles. The summed E-state index contributed by atoms with van der Waals surface area (Å²) >= 11 is 3.22. The normalized spacial score (nSPS) is 11.6. The van der Waals surface area contributed by atoms with Gasteiger partial charge in [0.25, 0.3) is 0 Å². The molecule has 0 fully saturated rings. The maximum absolute atomic E-state index is 8.68. The van der Waals surface area contributed by atoms with Crippen LogP contribution in [0.5, 0.6) is 0 Å². The summed E-state index contributed by atoms with van der Waals surface area (Å²) in [4.78, 5) is 0. The lowest BCUT2D eigenvalue weighted by molar-refractivity contribution is 0.691. The first kappa shape index (κ1) is 8.83. The number of alkyl halides is 1. The fraction of sp³-hybridized carbons (Fsp3) is 0.250. The summed E-state index contributed by atoms with van der Waals surface area (Å²) in [6, 6.07) is 5.57. The fourth-order valence-corrected chi connectivity index (χ4v) is 1.33.